The van der Waals surface area contributed by atoms with Crippen molar-refractivity contribution in [1.82, 2.24) is 0 Å². The van der Waals surface area contributed by atoms with E-state index in [4.69, 9.17) is 0 Å². The van der Waals surface area contributed by atoms with Crippen LogP contribution in [-0.2, 0) is 6.42 Å². The molecule has 2 aromatic carbocycles. The highest BCUT2D eigenvalue weighted by molar-refractivity contribution is 9.10. The minimum Gasteiger partial charge on any atom is -0.388 e. The first kappa shape index (κ1) is 14.2. The Hall–Kier alpha value is -1.19. The van der Waals surface area contributed by atoms with E-state index in [1.807, 2.05) is 32.0 Å². The molecule has 1 atom stereocenters. The number of rotatable bonds is 3. The van der Waals surface area contributed by atoms with Crippen LogP contribution in [0.25, 0.3) is 0 Å². The number of halogens is 2. The van der Waals surface area contributed by atoms with Gasteiger partial charge < -0.3 is 5.11 Å². The summed E-state index contributed by atoms with van der Waals surface area (Å²) in [5.41, 5.74) is 3.88. The number of aliphatic hydroxyl groups is 1. The van der Waals surface area contributed by atoms with Crippen molar-refractivity contribution in [1.29, 1.82) is 0 Å². The van der Waals surface area contributed by atoms with Gasteiger partial charge in [0.1, 0.15) is 5.82 Å². The fourth-order valence-corrected chi connectivity index (χ4v) is 2.63. The molecule has 0 aromatic heterocycles. The Labute approximate surface area is 121 Å². The van der Waals surface area contributed by atoms with Crippen molar-refractivity contribution in [3.63, 3.8) is 0 Å². The second-order valence-electron chi connectivity index (χ2n) is 4.82. The van der Waals surface area contributed by atoms with Crippen LogP contribution in [0.4, 0.5) is 4.39 Å². The lowest BCUT2D eigenvalue weighted by atomic mass is 9.96. The van der Waals surface area contributed by atoms with Crippen molar-refractivity contribution in [2.75, 3.05) is 0 Å². The van der Waals surface area contributed by atoms with Crippen molar-refractivity contribution in [3.05, 3.63) is 68.9 Å². The van der Waals surface area contributed by atoms with Gasteiger partial charge in [0.05, 0.1) is 6.10 Å². The van der Waals surface area contributed by atoms with Crippen LogP contribution in [0.2, 0.25) is 0 Å². The predicted octanol–water partition coefficient (Wildman–Crippen LogP) is 4.48. The first-order valence-electron chi connectivity index (χ1n) is 6.16. The van der Waals surface area contributed by atoms with Gasteiger partial charge in [-0.2, -0.15) is 0 Å². The largest absolute Gasteiger partial charge is 0.388 e. The molecule has 1 N–H and O–H groups in total. The van der Waals surface area contributed by atoms with Gasteiger partial charge in [0, 0.05) is 10.9 Å². The summed E-state index contributed by atoms with van der Waals surface area (Å²) < 4.78 is 14.0. The molecule has 0 amide bonds. The van der Waals surface area contributed by atoms with Crippen LogP contribution in [0, 0.1) is 19.7 Å². The van der Waals surface area contributed by atoms with Crippen LogP contribution >= 0.6 is 15.9 Å². The Morgan fingerprint density at radius 1 is 1.16 bits per heavy atom. The Bertz CT molecular complexity index is 595. The Balaban J connectivity index is 2.25. The Morgan fingerprint density at radius 2 is 1.89 bits per heavy atom. The first-order chi connectivity index (χ1) is 8.97. The fraction of sp³-hybridized carbons (Fsp3) is 0.250. The van der Waals surface area contributed by atoms with Gasteiger partial charge in [-0.05, 0) is 48.7 Å². The molecule has 0 saturated heterocycles. The van der Waals surface area contributed by atoms with E-state index in [2.05, 4.69) is 15.9 Å². The van der Waals surface area contributed by atoms with E-state index < -0.39 is 6.10 Å². The van der Waals surface area contributed by atoms with Crippen LogP contribution in [-0.4, -0.2) is 5.11 Å². The lowest BCUT2D eigenvalue weighted by molar-refractivity contribution is 0.177. The molecule has 3 heteroatoms. The molecule has 0 aliphatic carbocycles. The molecule has 0 aliphatic rings. The molecule has 0 radical (unpaired) electrons. The van der Waals surface area contributed by atoms with Crippen molar-refractivity contribution < 1.29 is 9.50 Å². The standard InChI is InChI=1S/C16H16BrFO/c1-10-3-5-14(11(2)7-10)16(19)9-12-8-13(18)4-6-15(12)17/h3-8,16,19H,9H2,1-2H3. The van der Waals surface area contributed by atoms with E-state index in [1.54, 1.807) is 6.07 Å². The highest BCUT2D eigenvalue weighted by Gasteiger charge is 2.13. The van der Waals surface area contributed by atoms with Crippen molar-refractivity contribution in [3.8, 4) is 0 Å². The van der Waals surface area contributed by atoms with Gasteiger partial charge in [-0.1, -0.05) is 39.7 Å². The lowest BCUT2D eigenvalue weighted by Gasteiger charge is -2.15. The van der Waals surface area contributed by atoms with E-state index in [-0.39, 0.29) is 5.82 Å². The average Bonchev–Trinajstić information content (AvgIpc) is 2.33. The molecule has 1 nitrogen and oxygen atoms in total. The summed E-state index contributed by atoms with van der Waals surface area (Å²) in [4.78, 5) is 0. The van der Waals surface area contributed by atoms with Gasteiger partial charge in [0.15, 0.2) is 0 Å². The van der Waals surface area contributed by atoms with E-state index in [1.165, 1.54) is 17.7 Å². The monoisotopic (exact) mass is 322 g/mol. The number of aryl methyl sites for hydroxylation is 2. The van der Waals surface area contributed by atoms with Crippen LogP contribution in [0.15, 0.2) is 40.9 Å². The SMILES string of the molecule is Cc1ccc(C(O)Cc2cc(F)ccc2Br)c(C)c1. The maximum Gasteiger partial charge on any atom is 0.123 e. The summed E-state index contributed by atoms with van der Waals surface area (Å²) in [5.74, 6) is -0.286. The van der Waals surface area contributed by atoms with Crippen LogP contribution in [0.3, 0.4) is 0 Å². The molecule has 0 heterocycles. The summed E-state index contributed by atoms with van der Waals surface area (Å²) in [6.07, 6.45) is -0.235. The third kappa shape index (κ3) is 3.43. The minimum atomic E-state index is -0.626. The smallest absolute Gasteiger partial charge is 0.123 e. The van der Waals surface area contributed by atoms with Gasteiger partial charge in [-0.15, -0.1) is 0 Å². The maximum absolute atomic E-state index is 13.2. The number of benzene rings is 2. The van der Waals surface area contributed by atoms with Crippen LogP contribution in [0.1, 0.15) is 28.4 Å². The molecule has 0 aliphatic heterocycles. The number of aliphatic hydroxyl groups excluding tert-OH is 1. The minimum absolute atomic E-state index is 0.286. The zero-order valence-electron chi connectivity index (χ0n) is 11.0. The van der Waals surface area contributed by atoms with Gasteiger partial charge in [-0.3, -0.25) is 0 Å². The van der Waals surface area contributed by atoms with E-state index >= 15 is 0 Å². The predicted molar refractivity (Wildman–Crippen MR) is 78.7 cm³/mol. The van der Waals surface area contributed by atoms with E-state index in [9.17, 15) is 9.50 Å². The van der Waals surface area contributed by atoms with Crippen LogP contribution < -0.4 is 0 Å². The van der Waals surface area contributed by atoms with Gasteiger partial charge in [0.2, 0.25) is 0 Å². The molecular weight excluding hydrogens is 307 g/mol. The molecule has 0 fully saturated rings. The van der Waals surface area contributed by atoms with Crippen molar-refractivity contribution in [2.45, 2.75) is 26.4 Å². The third-order valence-electron chi connectivity index (χ3n) is 3.21. The Kier molecular flexibility index (Phi) is 4.38. The molecule has 0 bridgehead atoms. The molecule has 2 aromatic rings. The van der Waals surface area contributed by atoms with E-state index in [0.29, 0.717) is 6.42 Å². The molecule has 19 heavy (non-hydrogen) atoms. The highest BCUT2D eigenvalue weighted by Crippen LogP contribution is 2.26. The second kappa shape index (κ2) is 5.85. The summed E-state index contributed by atoms with van der Waals surface area (Å²) in [5, 5.41) is 10.3. The topological polar surface area (TPSA) is 20.2 Å². The van der Waals surface area contributed by atoms with Gasteiger partial charge >= 0.3 is 0 Å². The molecule has 100 valence electrons. The molecular formula is C16H16BrFO. The molecule has 0 saturated carbocycles. The summed E-state index contributed by atoms with van der Waals surface area (Å²) in [6, 6.07) is 10.5. The quantitative estimate of drug-likeness (QED) is 0.883. The third-order valence-corrected chi connectivity index (χ3v) is 3.98. The molecule has 1 unspecified atom stereocenters. The lowest BCUT2D eigenvalue weighted by Crippen LogP contribution is -2.05. The summed E-state index contributed by atoms with van der Waals surface area (Å²) >= 11 is 3.38. The fourth-order valence-electron chi connectivity index (χ4n) is 2.22. The van der Waals surface area contributed by atoms with Gasteiger partial charge in [0.25, 0.3) is 0 Å². The number of hydrogen-bond acceptors (Lipinski definition) is 1. The molecule has 2 rings (SSSR count). The summed E-state index contributed by atoms with van der Waals surface area (Å²) in [6.45, 7) is 4.00. The number of hydrogen-bond donors (Lipinski definition) is 1. The normalized spacial score (nSPS) is 12.5. The van der Waals surface area contributed by atoms with Crippen LogP contribution in [0.5, 0.6) is 0 Å². The Morgan fingerprint density at radius 3 is 2.58 bits per heavy atom. The van der Waals surface area contributed by atoms with Crippen molar-refractivity contribution >= 4 is 15.9 Å². The second-order valence-corrected chi connectivity index (χ2v) is 5.67. The highest BCUT2D eigenvalue weighted by atomic mass is 79.9. The average molecular weight is 323 g/mol. The first-order valence-corrected chi connectivity index (χ1v) is 6.96. The van der Waals surface area contributed by atoms with E-state index in [0.717, 1.165) is 21.2 Å². The maximum atomic E-state index is 13.2. The summed E-state index contributed by atoms with van der Waals surface area (Å²) in [7, 11) is 0. The van der Waals surface area contributed by atoms with Gasteiger partial charge in [-0.25, -0.2) is 4.39 Å². The molecule has 0 spiro atoms. The van der Waals surface area contributed by atoms with Crippen molar-refractivity contribution in [2.24, 2.45) is 0 Å². The zero-order valence-corrected chi connectivity index (χ0v) is 12.5. The zero-order chi connectivity index (χ0) is 14.0.